The third kappa shape index (κ3) is 6.27. The van der Waals surface area contributed by atoms with E-state index in [1.54, 1.807) is 19.1 Å². The summed E-state index contributed by atoms with van der Waals surface area (Å²) >= 11 is 0. The van der Waals surface area contributed by atoms with Crippen LogP contribution in [0, 0.1) is 18.6 Å². The second-order valence-corrected chi connectivity index (χ2v) is 9.18. The Kier molecular flexibility index (Phi) is 7.79. The average molecular weight is 493 g/mol. The molecule has 1 amide bonds. The van der Waals surface area contributed by atoms with Gasteiger partial charge in [0.1, 0.15) is 17.4 Å². The molecule has 0 radical (unpaired) electrons. The predicted octanol–water partition coefficient (Wildman–Crippen LogP) is 3.38. The van der Waals surface area contributed by atoms with E-state index in [-0.39, 0.29) is 22.6 Å². The molecule has 180 valence electrons. The van der Waals surface area contributed by atoms with Crippen LogP contribution in [-0.2, 0) is 26.1 Å². The van der Waals surface area contributed by atoms with E-state index in [0.717, 1.165) is 12.1 Å². The molecule has 0 fully saturated rings. The van der Waals surface area contributed by atoms with E-state index in [1.807, 2.05) is 0 Å². The molecular weight excluding hydrogens is 470 g/mol. The Balaban J connectivity index is 1.62. The molecule has 0 aliphatic heterocycles. The van der Waals surface area contributed by atoms with Crippen LogP contribution in [0.25, 0.3) is 0 Å². The van der Waals surface area contributed by atoms with Crippen molar-refractivity contribution in [3.05, 3.63) is 88.9 Å². The number of aryl methyl sites for hydroxylation is 1. The lowest BCUT2D eigenvalue weighted by atomic mass is 10.1. The van der Waals surface area contributed by atoms with Crippen LogP contribution in [0.2, 0.25) is 0 Å². The summed E-state index contributed by atoms with van der Waals surface area (Å²) in [6, 6.07) is 9.32. The molecule has 2 N–H and O–H groups in total. The molecule has 0 aliphatic rings. The standard InChI is InChI=1S/C23H22F2N2O6S/c1-14-5-7-18(34(30,31)26-12-17-4-3-9-32-17)11-20(14)23(29)33-13-22(28)27-15(2)19-8-6-16(24)10-21(19)25/h3-11,15,26H,12-13H2,1-2H3,(H,27,28). The van der Waals surface area contributed by atoms with Crippen LogP contribution >= 0.6 is 0 Å². The van der Waals surface area contributed by atoms with Gasteiger partial charge in [-0.15, -0.1) is 0 Å². The summed E-state index contributed by atoms with van der Waals surface area (Å²) in [4.78, 5) is 24.5. The minimum Gasteiger partial charge on any atom is -0.468 e. The molecule has 0 saturated heterocycles. The number of benzene rings is 2. The highest BCUT2D eigenvalue weighted by Crippen LogP contribution is 2.19. The number of furan rings is 1. The number of carbonyl (C=O) groups excluding carboxylic acids is 2. The SMILES string of the molecule is Cc1ccc(S(=O)(=O)NCc2ccco2)cc1C(=O)OCC(=O)NC(C)c1ccc(F)cc1F. The number of nitrogens with one attached hydrogen (secondary N) is 2. The summed E-state index contributed by atoms with van der Waals surface area (Å²) in [5.41, 5.74) is 0.473. The number of halogens is 2. The maximum absolute atomic E-state index is 13.9. The Hall–Kier alpha value is -3.57. The summed E-state index contributed by atoms with van der Waals surface area (Å²) in [5, 5.41) is 2.45. The quantitative estimate of drug-likeness (QED) is 0.443. The Morgan fingerprint density at radius 2 is 1.88 bits per heavy atom. The average Bonchev–Trinajstić information content (AvgIpc) is 3.30. The van der Waals surface area contributed by atoms with Gasteiger partial charge < -0.3 is 14.5 Å². The van der Waals surface area contributed by atoms with Crippen LogP contribution in [0.3, 0.4) is 0 Å². The maximum Gasteiger partial charge on any atom is 0.338 e. The van der Waals surface area contributed by atoms with Crippen LogP contribution in [-0.4, -0.2) is 26.9 Å². The molecule has 34 heavy (non-hydrogen) atoms. The summed E-state index contributed by atoms with van der Waals surface area (Å²) in [7, 11) is -3.95. The number of esters is 1. The summed E-state index contributed by atoms with van der Waals surface area (Å²) in [6.07, 6.45) is 1.41. The number of rotatable bonds is 9. The lowest BCUT2D eigenvalue weighted by Gasteiger charge is -2.15. The van der Waals surface area contributed by atoms with Crippen molar-refractivity contribution >= 4 is 21.9 Å². The van der Waals surface area contributed by atoms with E-state index in [1.165, 1.54) is 31.4 Å². The third-order valence-corrected chi connectivity index (χ3v) is 6.30. The number of amides is 1. The maximum atomic E-state index is 13.9. The number of sulfonamides is 1. The summed E-state index contributed by atoms with van der Waals surface area (Å²) in [6.45, 7) is 2.32. The van der Waals surface area contributed by atoms with Gasteiger partial charge in [0.25, 0.3) is 5.91 Å². The first-order valence-corrected chi connectivity index (χ1v) is 11.6. The van der Waals surface area contributed by atoms with Gasteiger partial charge in [-0.3, -0.25) is 4.79 Å². The van der Waals surface area contributed by atoms with E-state index in [2.05, 4.69) is 10.0 Å². The fourth-order valence-electron chi connectivity index (χ4n) is 3.07. The van der Waals surface area contributed by atoms with Gasteiger partial charge in [0, 0.05) is 11.6 Å². The van der Waals surface area contributed by atoms with Crippen molar-refractivity contribution in [3.8, 4) is 0 Å². The lowest BCUT2D eigenvalue weighted by Crippen LogP contribution is -2.31. The van der Waals surface area contributed by atoms with E-state index >= 15 is 0 Å². The molecule has 0 bridgehead atoms. The second-order valence-electron chi connectivity index (χ2n) is 7.41. The fraction of sp³-hybridized carbons (Fsp3) is 0.217. The number of hydrogen-bond donors (Lipinski definition) is 2. The summed E-state index contributed by atoms with van der Waals surface area (Å²) in [5.74, 6) is -2.78. The van der Waals surface area contributed by atoms with Crippen LogP contribution in [0.15, 0.2) is 64.1 Å². The Morgan fingerprint density at radius 1 is 1.12 bits per heavy atom. The van der Waals surface area contributed by atoms with Gasteiger partial charge in [-0.25, -0.2) is 26.7 Å². The molecule has 1 atom stereocenters. The fourth-order valence-corrected chi connectivity index (χ4v) is 4.09. The van der Waals surface area contributed by atoms with Gasteiger partial charge in [0.05, 0.1) is 29.3 Å². The number of hydrogen-bond acceptors (Lipinski definition) is 6. The molecule has 0 aliphatic carbocycles. The largest absolute Gasteiger partial charge is 0.468 e. The van der Waals surface area contributed by atoms with Gasteiger partial charge in [0.15, 0.2) is 6.61 Å². The van der Waals surface area contributed by atoms with E-state index < -0.39 is 46.2 Å². The Labute approximate surface area is 195 Å². The zero-order valence-corrected chi connectivity index (χ0v) is 19.1. The van der Waals surface area contributed by atoms with Gasteiger partial charge in [-0.05, 0) is 49.7 Å². The van der Waals surface area contributed by atoms with Crippen LogP contribution in [0.4, 0.5) is 8.78 Å². The minimum atomic E-state index is -3.95. The van der Waals surface area contributed by atoms with Crippen molar-refractivity contribution in [2.75, 3.05) is 6.61 Å². The zero-order chi connectivity index (χ0) is 24.9. The molecule has 8 nitrogen and oxygen atoms in total. The normalized spacial score (nSPS) is 12.2. The third-order valence-electron chi connectivity index (χ3n) is 4.90. The highest BCUT2D eigenvalue weighted by Gasteiger charge is 2.21. The number of carbonyl (C=O) groups is 2. The van der Waals surface area contributed by atoms with Crippen LogP contribution in [0.1, 0.15) is 40.2 Å². The van der Waals surface area contributed by atoms with Gasteiger partial charge >= 0.3 is 5.97 Å². The van der Waals surface area contributed by atoms with Crippen molar-refractivity contribution < 1.29 is 35.9 Å². The lowest BCUT2D eigenvalue weighted by molar-refractivity contribution is -0.124. The van der Waals surface area contributed by atoms with Crippen molar-refractivity contribution in [1.82, 2.24) is 10.0 Å². The smallest absolute Gasteiger partial charge is 0.338 e. The summed E-state index contributed by atoms with van der Waals surface area (Å²) < 4.78 is 64.5. The van der Waals surface area contributed by atoms with Crippen LogP contribution < -0.4 is 10.0 Å². The molecule has 3 aromatic rings. The second kappa shape index (κ2) is 10.6. The predicted molar refractivity (Wildman–Crippen MR) is 117 cm³/mol. The molecule has 3 rings (SSSR count). The zero-order valence-electron chi connectivity index (χ0n) is 18.3. The molecule has 1 aromatic heterocycles. The first kappa shape index (κ1) is 25.1. The van der Waals surface area contributed by atoms with Gasteiger partial charge in [-0.2, -0.15) is 0 Å². The number of ether oxygens (including phenoxy) is 1. The molecule has 0 saturated carbocycles. The van der Waals surface area contributed by atoms with Crippen molar-refractivity contribution in [2.24, 2.45) is 0 Å². The van der Waals surface area contributed by atoms with Crippen molar-refractivity contribution in [1.29, 1.82) is 0 Å². The Bertz CT molecular complexity index is 1290. The van der Waals surface area contributed by atoms with E-state index in [0.29, 0.717) is 17.4 Å². The highest BCUT2D eigenvalue weighted by molar-refractivity contribution is 7.89. The molecule has 0 spiro atoms. The van der Waals surface area contributed by atoms with E-state index in [9.17, 15) is 26.8 Å². The van der Waals surface area contributed by atoms with Gasteiger partial charge in [0.2, 0.25) is 10.0 Å². The topological polar surface area (TPSA) is 115 Å². The highest BCUT2D eigenvalue weighted by atomic mass is 32.2. The first-order valence-electron chi connectivity index (χ1n) is 10.1. The van der Waals surface area contributed by atoms with Crippen LogP contribution in [0.5, 0.6) is 0 Å². The van der Waals surface area contributed by atoms with E-state index in [4.69, 9.17) is 9.15 Å². The first-order chi connectivity index (χ1) is 16.1. The minimum absolute atomic E-state index is 0.0358. The molecule has 1 unspecified atom stereocenters. The van der Waals surface area contributed by atoms with Crippen molar-refractivity contribution in [2.45, 2.75) is 31.3 Å². The van der Waals surface area contributed by atoms with Crippen molar-refractivity contribution in [3.63, 3.8) is 0 Å². The Morgan fingerprint density at radius 3 is 2.56 bits per heavy atom. The monoisotopic (exact) mass is 492 g/mol. The molecule has 11 heteroatoms. The van der Waals surface area contributed by atoms with Gasteiger partial charge in [-0.1, -0.05) is 12.1 Å². The molecule has 1 heterocycles. The molecular formula is C23H22F2N2O6S. The molecule has 2 aromatic carbocycles.